The second-order valence-corrected chi connectivity index (χ2v) is 16.9. The Morgan fingerprint density at radius 2 is 1.10 bits per heavy atom. The molecular weight excluding hydrogens is 527 g/mol. The largest absolute Gasteiger partial charge is 0.497 e. The lowest BCUT2D eigenvalue weighted by atomic mass is 9.98. The Labute approximate surface area is 254 Å². The highest BCUT2D eigenvalue weighted by molar-refractivity contribution is 7.13. The number of rotatable bonds is 10. The molecule has 0 saturated carbocycles. The van der Waals surface area contributed by atoms with E-state index in [2.05, 4.69) is 154 Å². The van der Waals surface area contributed by atoms with Gasteiger partial charge in [-0.1, -0.05) is 126 Å². The Hall–Kier alpha value is -3.82. The maximum Gasteiger partial charge on any atom is 0.174 e. The summed E-state index contributed by atoms with van der Waals surface area (Å²) in [6, 6.07) is 42.6. The summed E-state index contributed by atoms with van der Waals surface area (Å²) in [7, 11) is -0.946. The second-order valence-electron chi connectivity index (χ2n) is 12.3. The third-order valence-corrected chi connectivity index (χ3v) is 14.5. The molecule has 0 saturated heterocycles. The first-order valence-electron chi connectivity index (χ1n) is 15.5. The smallest absolute Gasteiger partial charge is 0.174 e. The van der Waals surface area contributed by atoms with Crippen LogP contribution in [0.5, 0.6) is 5.75 Å². The fourth-order valence-electron chi connectivity index (χ4n) is 7.03. The SMILES string of the molecule is CCCc1c(CCC)c([Si](c2ccccc2)(c2ccccc2)C(C)(C)C)n(-c2ccccc2)c1-c1ccc(OC)cc1. The van der Waals surface area contributed by atoms with Gasteiger partial charge in [0, 0.05) is 11.0 Å². The number of hydrogen-bond donors (Lipinski definition) is 0. The fraction of sp³-hybridized carbons (Fsp3) is 0.282. The van der Waals surface area contributed by atoms with Gasteiger partial charge in [-0.05, 0) is 81.3 Å². The van der Waals surface area contributed by atoms with Gasteiger partial charge in [-0.25, -0.2) is 0 Å². The lowest BCUT2D eigenvalue weighted by molar-refractivity contribution is 0.415. The van der Waals surface area contributed by atoms with Gasteiger partial charge in [-0.3, -0.25) is 0 Å². The van der Waals surface area contributed by atoms with E-state index in [1.165, 1.54) is 38.2 Å². The molecule has 5 rings (SSSR count). The van der Waals surface area contributed by atoms with Crippen molar-refractivity contribution in [2.75, 3.05) is 7.11 Å². The Balaban J connectivity index is 2.07. The number of hydrogen-bond acceptors (Lipinski definition) is 1. The van der Waals surface area contributed by atoms with Crippen LogP contribution in [-0.2, 0) is 12.8 Å². The van der Waals surface area contributed by atoms with E-state index in [9.17, 15) is 0 Å². The summed E-state index contributed by atoms with van der Waals surface area (Å²) in [4.78, 5) is 0. The van der Waals surface area contributed by atoms with Crippen LogP contribution < -0.4 is 20.4 Å². The average molecular weight is 572 g/mol. The zero-order valence-electron chi connectivity index (χ0n) is 26.2. The maximum absolute atomic E-state index is 5.58. The fourth-order valence-corrected chi connectivity index (χ4v) is 13.0. The zero-order valence-corrected chi connectivity index (χ0v) is 27.2. The highest BCUT2D eigenvalue weighted by Crippen LogP contribution is 2.41. The lowest BCUT2D eigenvalue weighted by Gasteiger charge is -2.45. The first-order valence-corrected chi connectivity index (χ1v) is 17.5. The van der Waals surface area contributed by atoms with E-state index in [-0.39, 0.29) is 5.04 Å². The molecule has 0 atom stereocenters. The van der Waals surface area contributed by atoms with E-state index >= 15 is 0 Å². The third kappa shape index (κ3) is 5.16. The van der Waals surface area contributed by atoms with E-state index in [4.69, 9.17) is 4.74 Å². The zero-order chi connectivity index (χ0) is 29.7. The quantitative estimate of drug-likeness (QED) is 0.154. The third-order valence-electron chi connectivity index (χ3n) is 8.65. The molecule has 0 bridgehead atoms. The van der Waals surface area contributed by atoms with Crippen LogP contribution in [0.2, 0.25) is 5.04 Å². The second kappa shape index (κ2) is 12.6. The molecule has 0 aliphatic rings. The minimum Gasteiger partial charge on any atom is -0.497 e. The van der Waals surface area contributed by atoms with Crippen LogP contribution >= 0.6 is 0 Å². The molecule has 0 radical (unpaired) electrons. The van der Waals surface area contributed by atoms with E-state index in [1.807, 2.05) is 0 Å². The number of para-hydroxylation sites is 1. The van der Waals surface area contributed by atoms with E-state index in [1.54, 1.807) is 12.7 Å². The van der Waals surface area contributed by atoms with E-state index in [0.29, 0.717) is 0 Å². The standard InChI is InChI=1S/C39H45NOSi/c1-7-18-35-36(19-8-2)38(40(31-20-12-9-13-21-31)37(35)30-26-28-32(41-6)29-27-30)42(39(3,4)5,33-22-14-10-15-23-33)34-24-16-11-17-25-34/h9-17,20-29H,7-8,18-19H2,1-6H3. The van der Waals surface area contributed by atoms with Crippen molar-refractivity contribution >= 4 is 23.8 Å². The summed E-state index contributed by atoms with van der Waals surface area (Å²) in [6.07, 6.45) is 4.29. The first kappa shape index (κ1) is 29.7. The van der Waals surface area contributed by atoms with Crippen molar-refractivity contribution in [1.29, 1.82) is 0 Å². The molecule has 0 amide bonds. The molecule has 0 unspecified atom stereocenters. The van der Waals surface area contributed by atoms with Gasteiger partial charge in [-0.15, -0.1) is 0 Å². The maximum atomic E-state index is 5.58. The normalized spacial score (nSPS) is 12.0. The van der Waals surface area contributed by atoms with Crippen LogP contribution in [0.4, 0.5) is 0 Å². The number of benzene rings is 4. The molecule has 216 valence electrons. The van der Waals surface area contributed by atoms with Crippen molar-refractivity contribution in [3.05, 3.63) is 126 Å². The molecule has 42 heavy (non-hydrogen) atoms. The van der Waals surface area contributed by atoms with Crippen LogP contribution in [0.3, 0.4) is 0 Å². The van der Waals surface area contributed by atoms with Crippen molar-refractivity contribution in [2.45, 2.75) is 65.3 Å². The molecule has 2 nitrogen and oxygen atoms in total. The number of nitrogens with zero attached hydrogens (tertiary/aromatic N) is 1. The van der Waals surface area contributed by atoms with Crippen molar-refractivity contribution in [3.63, 3.8) is 0 Å². The summed E-state index contributed by atoms with van der Waals surface area (Å²) >= 11 is 0. The van der Waals surface area contributed by atoms with Crippen LogP contribution in [0.25, 0.3) is 16.9 Å². The highest BCUT2D eigenvalue weighted by Gasteiger charge is 2.53. The van der Waals surface area contributed by atoms with Crippen LogP contribution in [0.1, 0.15) is 58.6 Å². The summed E-state index contributed by atoms with van der Waals surface area (Å²) in [5, 5.41) is 4.42. The summed E-state index contributed by atoms with van der Waals surface area (Å²) in [6.45, 7) is 12.1. The number of ether oxygens (including phenoxy) is 1. The molecule has 0 fully saturated rings. The molecule has 4 aromatic carbocycles. The average Bonchev–Trinajstić information content (AvgIpc) is 3.32. The van der Waals surface area contributed by atoms with Gasteiger partial charge in [0.25, 0.3) is 0 Å². The van der Waals surface area contributed by atoms with Crippen molar-refractivity contribution < 1.29 is 4.74 Å². The van der Waals surface area contributed by atoms with Crippen molar-refractivity contribution in [1.82, 2.24) is 4.57 Å². The Kier molecular flexibility index (Phi) is 8.89. The molecule has 5 aromatic rings. The van der Waals surface area contributed by atoms with Crippen molar-refractivity contribution in [3.8, 4) is 22.7 Å². The molecule has 0 aliphatic carbocycles. The Bertz CT molecular complexity index is 1540. The number of aromatic nitrogens is 1. The molecule has 3 heteroatoms. The van der Waals surface area contributed by atoms with Crippen LogP contribution in [0.15, 0.2) is 115 Å². The molecule has 1 aromatic heterocycles. The van der Waals surface area contributed by atoms with Gasteiger partial charge in [0.15, 0.2) is 8.07 Å². The van der Waals surface area contributed by atoms with Crippen LogP contribution in [0, 0.1) is 0 Å². The highest BCUT2D eigenvalue weighted by atomic mass is 28.3. The summed E-state index contributed by atoms with van der Waals surface area (Å²) < 4.78 is 8.26. The van der Waals surface area contributed by atoms with Gasteiger partial charge >= 0.3 is 0 Å². The molecular formula is C39H45NOSi. The van der Waals surface area contributed by atoms with Gasteiger partial charge in [0.2, 0.25) is 0 Å². The monoisotopic (exact) mass is 571 g/mol. The molecule has 0 aliphatic heterocycles. The lowest BCUT2D eigenvalue weighted by Crippen LogP contribution is -2.74. The van der Waals surface area contributed by atoms with Crippen molar-refractivity contribution in [2.24, 2.45) is 0 Å². The Morgan fingerprint density at radius 3 is 1.55 bits per heavy atom. The predicted molar refractivity (Wildman–Crippen MR) is 183 cm³/mol. The predicted octanol–water partition coefficient (Wildman–Crippen LogP) is 8.33. The topological polar surface area (TPSA) is 14.2 Å². The van der Waals surface area contributed by atoms with Gasteiger partial charge in [0.05, 0.1) is 12.8 Å². The first-order chi connectivity index (χ1) is 20.4. The summed E-state index contributed by atoms with van der Waals surface area (Å²) in [5.74, 6) is 0.884. The van der Waals surface area contributed by atoms with E-state index in [0.717, 1.165) is 31.4 Å². The Morgan fingerprint density at radius 1 is 0.619 bits per heavy atom. The number of methoxy groups -OCH3 is 1. The minimum absolute atomic E-state index is 0.0241. The van der Waals surface area contributed by atoms with Gasteiger partial charge < -0.3 is 9.30 Å². The molecule has 0 N–H and O–H groups in total. The molecule has 0 spiro atoms. The minimum atomic E-state index is -2.69. The summed E-state index contributed by atoms with van der Waals surface area (Å²) in [5.41, 5.74) is 6.84. The molecule has 1 heterocycles. The van der Waals surface area contributed by atoms with Crippen LogP contribution in [-0.4, -0.2) is 19.8 Å². The van der Waals surface area contributed by atoms with E-state index < -0.39 is 8.07 Å². The van der Waals surface area contributed by atoms with Gasteiger partial charge in [0.1, 0.15) is 5.75 Å². The van der Waals surface area contributed by atoms with Gasteiger partial charge in [-0.2, -0.15) is 0 Å².